The first-order chi connectivity index (χ1) is 7.25. The molecule has 0 aliphatic carbocycles. The number of hydrogen-bond acceptors (Lipinski definition) is 3. The molecule has 2 rings (SSSR count). The standard InChI is InChI=1S/C11H13NO2S/c1-15(13)8-10-7-11(14-12-10)9-5-3-2-4-6-9/h2-6,11H,7-8H2,1H3/t11-,15+/m0/s1. The van der Waals surface area contributed by atoms with E-state index in [-0.39, 0.29) is 6.10 Å². The zero-order chi connectivity index (χ0) is 10.7. The Bertz CT molecular complexity index is 389. The molecule has 1 aliphatic heterocycles. The minimum absolute atomic E-state index is 0.00440. The summed E-state index contributed by atoms with van der Waals surface area (Å²) in [5.41, 5.74) is 2.02. The fourth-order valence-corrected chi connectivity index (χ4v) is 2.23. The van der Waals surface area contributed by atoms with Gasteiger partial charge in [0.2, 0.25) is 0 Å². The molecule has 0 saturated carbocycles. The Kier molecular flexibility index (Phi) is 3.16. The third-order valence-electron chi connectivity index (χ3n) is 2.27. The van der Waals surface area contributed by atoms with E-state index in [1.165, 1.54) is 0 Å². The number of nitrogens with zero attached hydrogens (tertiary/aromatic N) is 1. The Morgan fingerprint density at radius 2 is 2.20 bits per heavy atom. The van der Waals surface area contributed by atoms with Gasteiger partial charge in [0, 0.05) is 23.5 Å². The zero-order valence-corrected chi connectivity index (χ0v) is 9.37. The molecule has 0 radical (unpaired) electrons. The Morgan fingerprint density at radius 3 is 2.87 bits per heavy atom. The van der Waals surface area contributed by atoms with Crippen LogP contribution in [0, 0.1) is 0 Å². The van der Waals surface area contributed by atoms with E-state index in [0.29, 0.717) is 5.75 Å². The summed E-state index contributed by atoms with van der Waals surface area (Å²) < 4.78 is 11.0. The number of hydrogen-bond donors (Lipinski definition) is 0. The van der Waals surface area contributed by atoms with E-state index in [1.807, 2.05) is 30.3 Å². The third-order valence-corrected chi connectivity index (χ3v) is 3.01. The molecule has 3 nitrogen and oxygen atoms in total. The average molecular weight is 223 g/mol. The SMILES string of the molecule is C[S@@](=O)CC1=NO[C@H](c2ccccc2)C1. The molecular weight excluding hydrogens is 210 g/mol. The van der Waals surface area contributed by atoms with Crippen molar-refractivity contribution in [1.29, 1.82) is 0 Å². The summed E-state index contributed by atoms with van der Waals surface area (Å²) in [6, 6.07) is 9.97. The molecule has 0 bridgehead atoms. The van der Waals surface area contributed by atoms with Gasteiger partial charge in [0.15, 0.2) is 6.10 Å². The lowest BCUT2D eigenvalue weighted by molar-refractivity contribution is 0.0857. The molecular formula is C11H13NO2S. The summed E-state index contributed by atoms with van der Waals surface area (Å²) in [6.45, 7) is 0. The summed E-state index contributed by atoms with van der Waals surface area (Å²) in [5, 5.41) is 3.96. The van der Waals surface area contributed by atoms with Crippen LogP contribution >= 0.6 is 0 Å². The maximum Gasteiger partial charge on any atom is 0.157 e. The van der Waals surface area contributed by atoms with Gasteiger partial charge in [0.25, 0.3) is 0 Å². The number of oxime groups is 1. The molecule has 1 aliphatic rings. The van der Waals surface area contributed by atoms with Crippen molar-refractivity contribution in [2.75, 3.05) is 12.0 Å². The van der Waals surface area contributed by atoms with E-state index in [2.05, 4.69) is 5.16 Å². The van der Waals surface area contributed by atoms with E-state index in [9.17, 15) is 4.21 Å². The first-order valence-electron chi connectivity index (χ1n) is 4.82. The van der Waals surface area contributed by atoms with Crippen molar-refractivity contribution < 1.29 is 9.05 Å². The Balaban J connectivity index is 1.99. The van der Waals surface area contributed by atoms with Crippen molar-refractivity contribution >= 4 is 16.5 Å². The van der Waals surface area contributed by atoms with Crippen LogP contribution in [0.2, 0.25) is 0 Å². The molecule has 1 heterocycles. The lowest BCUT2D eigenvalue weighted by atomic mass is 10.1. The molecule has 80 valence electrons. The Hall–Kier alpha value is -1.16. The molecule has 0 amide bonds. The predicted octanol–water partition coefficient (Wildman–Crippen LogP) is 1.88. The fourth-order valence-electron chi connectivity index (χ4n) is 1.59. The van der Waals surface area contributed by atoms with Crippen LogP contribution in [0.15, 0.2) is 35.5 Å². The van der Waals surface area contributed by atoms with E-state index < -0.39 is 10.8 Å². The maximum absolute atomic E-state index is 11.0. The third kappa shape index (κ3) is 2.65. The van der Waals surface area contributed by atoms with Gasteiger partial charge >= 0.3 is 0 Å². The summed E-state index contributed by atoms with van der Waals surface area (Å²) in [5.74, 6) is 0.517. The van der Waals surface area contributed by atoms with Crippen LogP contribution in [0.4, 0.5) is 0 Å². The Labute approximate surface area is 91.6 Å². The monoisotopic (exact) mass is 223 g/mol. The van der Waals surface area contributed by atoms with Gasteiger partial charge in [0.05, 0.1) is 11.5 Å². The zero-order valence-electron chi connectivity index (χ0n) is 8.55. The smallest absolute Gasteiger partial charge is 0.157 e. The highest BCUT2D eigenvalue weighted by atomic mass is 32.2. The van der Waals surface area contributed by atoms with Crippen molar-refractivity contribution in [2.24, 2.45) is 5.16 Å². The van der Waals surface area contributed by atoms with E-state index in [1.54, 1.807) is 6.26 Å². The van der Waals surface area contributed by atoms with Crippen molar-refractivity contribution in [2.45, 2.75) is 12.5 Å². The van der Waals surface area contributed by atoms with Crippen LogP contribution in [0.1, 0.15) is 18.1 Å². The van der Waals surface area contributed by atoms with Crippen LogP contribution in [-0.2, 0) is 15.6 Å². The molecule has 0 aromatic heterocycles. The predicted molar refractivity (Wildman–Crippen MR) is 61.3 cm³/mol. The fraction of sp³-hybridized carbons (Fsp3) is 0.364. The second kappa shape index (κ2) is 4.57. The van der Waals surface area contributed by atoms with E-state index in [4.69, 9.17) is 4.84 Å². The summed E-state index contributed by atoms with van der Waals surface area (Å²) in [6.07, 6.45) is 2.44. The van der Waals surface area contributed by atoms with Crippen molar-refractivity contribution in [1.82, 2.24) is 0 Å². The highest BCUT2D eigenvalue weighted by Crippen LogP contribution is 2.26. The molecule has 15 heavy (non-hydrogen) atoms. The van der Waals surface area contributed by atoms with E-state index >= 15 is 0 Å². The van der Waals surface area contributed by atoms with Crippen molar-refractivity contribution in [3.05, 3.63) is 35.9 Å². The van der Waals surface area contributed by atoms with E-state index in [0.717, 1.165) is 17.7 Å². The molecule has 4 heteroatoms. The molecule has 0 saturated heterocycles. The molecule has 0 N–H and O–H groups in total. The largest absolute Gasteiger partial charge is 0.387 e. The molecule has 1 aromatic carbocycles. The lowest BCUT2D eigenvalue weighted by Gasteiger charge is -2.07. The van der Waals surface area contributed by atoms with Gasteiger partial charge in [-0.15, -0.1) is 0 Å². The first-order valence-corrected chi connectivity index (χ1v) is 6.55. The molecule has 0 fully saturated rings. The second-order valence-corrected chi connectivity index (χ2v) is 5.02. The van der Waals surface area contributed by atoms with Gasteiger partial charge in [-0.05, 0) is 5.56 Å². The average Bonchev–Trinajstić information content (AvgIpc) is 2.67. The minimum Gasteiger partial charge on any atom is -0.387 e. The molecule has 0 spiro atoms. The van der Waals surface area contributed by atoms with Gasteiger partial charge in [-0.2, -0.15) is 0 Å². The minimum atomic E-state index is -0.838. The van der Waals surface area contributed by atoms with Crippen molar-refractivity contribution in [3.63, 3.8) is 0 Å². The topological polar surface area (TPSA) is 38.7 Å². The molecule has 2 atom stereocenters. The highest BCUT2D eigenvalue weighted by molar-refractivity contribution is 7.85. The van der Waals surface area contributed by atoms with Gasteiger partial charge in [-0.1, -0.05) is 35.5 Å². The van der Waals surface area contributed by atoms with Crippen LogP contribution in [-0.4, -0.2) is 21.9 Å². The normalized spacial score (nSPS) is 21.9. The summed E-state index contributed by atoms with van der Waals surface area (Å²) in [7, 11) is -0.838. The van der Waals surface area contributed by atoms with Gasteiger partial charge < -0.3 is 4.84 Å². The van der Waals surface area contributed by atoms with Crippen LogP contribution in [0.5, 0.6) is 0 Å². The second-order valence-electron chi connectivity index (χ2n) is 3.58. The van der Waals surface area contributed by atoms with Crippen LogP contribution < -0.4 is 0 Å². The number of benzene rings is 1. The molecule has 0 unspecified atom stereocenters. The van der Waals surface area contributed by atoms with Crippen LogP contribution in [0.3, 0.4) is 0 Å². The summed E-state index contributed by atoms with van der Waals surface area (Å²) >= 11 is 0. The summed E-state index contributed by atoms with van der Waals surface area (Å²) in [4.78, 5) is 5.31. The maximum atomic E-state index is 11.0. The first kappa shape index (κ1) is 10.4. The van der Waals surface area contributed by atoms with Gasteiger partial charge in [-0.25, -0.2) is 0 Å². The quantitative estimate of drug-likeness (QED) is 0.784. The Morgan fingerprint density at radius 1 is 1.47 bits per heavy atom. The lowest BCUT2D eigenvalue weighted by Crippen LogP contribution is -2.08. The molecule has 1 aromatic rings. The number of rotatable bonds is 3. The highest BCUT2D eigenvalue weighted by Gasteiger charge is 2.22. The van der Waals surface area contributed by atoms with Crippen molar-refractivity contribution in [3.8, 4) is 0 Å². The van der Waals surface area contributed by atoms with Gasteiger partial charge in [0.1, 0.15) is 0 Å². The van der Waals surface area contributed by atoms with Gasteiger partial charge in [-0.3, -0.25) is 4.21 Å². The van der Waals surface area contributed by atoms with Crippen LogP contribution in [0.25, 0.3) is 0 Å².